The number of nitrogens with one attached hydrogen (secondary N) is 1. The summed E-state index contributed by atoms with van der Waals surface area (Å²) in [5.74, 6) is -1.24. The molecule has 1 amide bonds. The molecule has 1 unspecified atom stereocenters. The molecule has 22 heavy (non-hydrogen) atoms. The number of rotatable bonds is 8. The number of nitrogens with two attached hydrogens (primary N) is 2. The van der Waals surface area contributed by atoms with Crippen LogP contribution in [0.15, 0.2) is 30.3 Å². The average Bonchev–Trinajstić information content (AvgIpc) is 2.48. The van der Waals surface area contributed by atoms with Gasteiger partial charge in [0, 0.05) is 6.54 Å². The van der Waals surface area contributed by atoms with Crippen molar-refractivity contribution in [2.75, 3.05) is 13.1 Å². The maximum Gasteiger partial charge on any atom is 0.305 e. The van der Waals surface area contributed by atoms with Crippen molar-refractivity contribution in [2.45, 2.75) is 38.6 Å². The zero-order valence-electron chi connectivity index (χ0n) is 13.1. The zero-order valence-corrected chi connectivity index (χ0v) is 13.1. The molecule has 0 aromatic heterocycles. The molecule has 0 aliphatic rings. The molecule has 1 atom stereocenters. The van der Waals surface area contributed by atoms with Crippen molar-refractivity contribution >= 4 is 11.9 Å². The summed E-state index contributed by atoms with van der Waals surface area (Å²) < 4.78 is 0. The molecule has 1 rings (SSSR count). The lowest BCUT2D eigenvalue weighted by Gasteiger charge is -2.10. The third kappa shape index (κ3) is 11.9. The molecule has 1 aromatic rings. The van der Waals surface area contributed by atoms with Gasteiger partial charge in [0.25, 0.3) is 0 Å². The first-order chi connectivity index (χ1) is 10.5. The van der Waals surface area contributed by atoms with Gasteiger partial charge in [-0.3, -0.25) is 9.59 Å². The van der Waals surface area contributed by atoms with E-state index in [1.165, 1.54) is 5.56 Å². The van der Waals surface area contributed by atoms with Crippen LogP contribution in [0.2, 0.25) is 0 Å². The standard InChI is InChI=1S/C9H19N3O3.C7H8/c10-5-2-1-3-7(11)9(15)12-6-4-8(13)14;1-7-5-3-2-4-6-7/h7H,1-6,10-11H2,(H,12,15)(H,13,14);2-6H,1H3. The average molecular weight is 309 g/mol. The molecule has 0 aliphatic heterocycles. The van der Waals surface area contributed by atoms with Gasteiger partial charge in [-0.2, -0.15) is 0 Å². The Morgan fingerprint density at radius 3 is 2.32 bits per heavy atom. The molecule has 0 saturated heterocycles. The van der Waals surface area contributed by atoms with E-state index in [2.05, 4.69) is 24.4 Å². The summed E-state index contributed by atoms with van der Waals surface area (Å²) in [6.07, 6.45) is 2.15. The molecule has 0 fully saturated rings. The Balaban J connectivity index is 0.000000518. The molecule has 0 radical (unpaired) electrons. The second-order valence-corrected chi connectivity index (χ2v) is 4.98. The van der Waals surface area contributed by atoms with Crippen LogP contribution >= 0.6 is 0 Å². The molecule has 0 heterocycles. The highest BCUT2D eigenvalue weighted by Gasteiger charge is 2.12. The van der Waals surface area contributed by atoms with Gasteiger partial charge < -0.3 is 21.9 Å². The Kier molecular flexibility index (Phi) is 11.7. The fraction of sp³-hybridized carbons (Fsp3) is 0.500. The first kappa shape index (κ1) is 20.1. The van der Waals surface area contributed by atoms with Crippen molar-refractivity contribution in [3.05, 3.63) is 35.9 Å². The Bertz CT molecular complexity index is 424. The van der Waals surface area contributed by atoms with Crippen LogP contribution in [0.4, 0.5) is 0 Å². The Morgan fingerprint density at radius 2 is 1.86 bits per heavy atom. The molecule has 0 saturated carbocycles. The third-order valence-electron chi connectivity index (χ3n) is 2.88. The van der Waals surface area contributed by atoms with E-state index in [0.717, 1.165) is 12.8 Å². The number of benzene rings is 1. The summed E-state index contributed by atoms with van der Waals surface area (Å²) in [5.41, 5.74) is 12.2. The summed E-state index contributed by atoms with van der Waals surface area (Å²) in [6, 6.07) is 9.70. The summed E-state index contributed by atoms with van der Waals surface area (Å²) in [4.78, 5) is 21.4. The van der Waals surface area contributed by atoms with E-state index >= 15 is 0 Å². The highest BCUT2D eigenvalue weighted by atomic mass is 16.4. The van der Waals surface area contributed by atoms with Gasteiger partial charge in [0.05, 0.1) is 12.5 Å². The van der Waals surface area contributed by atoms with Crippen molar-refractivity contribution < 1.29 is 14.7 Å². The fourth-order valence-corrected chi connectivity index (χ4v) is 1.60. The number of aryl methyl sites for hydroxylation is 1. The number of unbranched alkanes of at least 4 members (excludes halogenated alkanes) is 1. The van der Waals surface area contributed by atoms with E-state index < -0.39 is 12.0 Å². The molecule has 6 N–H and O–H groups in total. The van der Waals surface area contributed by atoms with Crippen LogP contribution < -0.4 is 16.8 Å². The van der Waals surface area contributed by atoms with Gasteiger partial charge in [-0.25, -0.2) is 0 Å². The van der Waals surface area contributed by atoms with Crippen molar-refractivity contribution in [2.24, 2.45) is 11.5 Å². The number of carbonyl (C=O) groups excluding carboxylic acids is 1. The highest BCUT2D eigenvalue weighted by Crippen LogP contribution is 1.97. The van der Waals surface area contributed by atoms with Crippen LogP contribution in [0.3, 0.4) is 0 Å². The highest BCUT2D eigenvalue weighted by molar-refractivity contribution is 5.81. The number of carboxylic acid groups (broad SMARTS) is 1. The minimum Gasteiger partial charge on any atom is -0.481 e. The lowest BCUT2D eigenvalue weighted by atomic mass is 10.1. The predicted octanol–water partition coefficient (Wildman–Crippen LogP) is 1.03. The first-order valence-electron chi connectivity index (χ1n) is 7.44. The molecule has 0 bridgehead atoms. The van der Waals surface area contributed by atoms with E-state index in [0.29, 0.717) is 13.0 Å². The van der Waals surface area contributed by atoms with E-state index in [1.54, 1.807) is 0 Å². The van der Waals surface area contributed by atoms with Crippen molar-refractivity contribution in [1.82, 2.24) is 5.32 Å². The maximum absolute atomic E-state index is 11.3. The van der Waals surface area contributed by atoms with Crippen LogP contribution in [0, 0.1) is 6.92 Å². The smallest absolute Gasteiger partial charge is 0.305 e. The van der Waals surface area contributed by atoms with Gasteiger partial charge in [-0.05, 0) is 26.3 Å². The molecule has 0 spiro atoms. The molecule has 1 aromatic carbocycles. The quantitative estimate of drug-likeness (QED) is 0.535. The van der Waals surface area contributed by atoms with Gasteiger partial charge in [0.15, 0.2) is 0 Å². The van der Waals surface area contributed by atoms with Gasteiger partial charge in [0.1, 0.15) is 0 Å². The molecular weight excluding hydrogens is 282 g/mol. The summed E-state index contributed by atoms with van der Waals surface area (Å²) >= 11 is 0. The zero-order chi connectivity index (χ0) is 16.8. The summed E-state index contributed by atoms with van der Waals surface area (Å²) in [5, 5.41) is 10.8. The van der Waals surface area contributed by atoms with Gasteiger partial charge >= 0.3 is 5.97 Å². The minimum atomic E-state index is -0.938. The molecule has 0 aliphatic carbocycles. The first-order valence-corrected chi connectivity index (χ1v) is 7.44. The van der Waals surface area contributed by atoms with Crippen LogP contribution in [0.1, 0.15) is 31.2 Å². The van der Waals surface area contributed by atoms with Crippen molar-refractivity contribution in [1.29, 1.82) is 0 Å². The monoisotopic (exact) mass is 309 g/mol. The number of hydrogen-bond donors (Lipinski definition) is 4. The SMILES string of the molecule is Cc1ccccc1.NCCCCC(N)C(=O)NCCC(=O)O. The molecule has 6 nitrogen and oxygen atoms in total. The molecule has 6 heteroatoms. The summed E-state index contributed by atoms with van der Waals surface area (Å²) in [7, 11) is 0. The van der Waals surface area contributed by atoms with E-state index in [9.17, 15) is 9.59 Å². The van der Waals surface area contributed by atoms with Crippen molar-refractivity contribution in [3.63, 3.8) is 0 Å². The van der Waals surface area contributed by atoms with Gasteiger partial charge in [-0.15, -0.1) is 0 Å². The van der Waals surface area contributed by atoms with E-state index in [-0.39, 0.29) is 18.9 Å². The molecular formula is C16H27N3O3. The number of hydrogen-bond acceptors (Lipinski definition) is 4. The Morgan fingerprint density at radius 1 is 1.23 bits per heavy atom. The lowest BCUT2D eigenvalue weighted by molar-refractivity contribution is -0.136. The van der Waals surface area contributed by atoms with Crippen molar-refractivity contribution in [3.8, 4) is 0 Å². The second kappa shape index (κ2) is 12.8. The number of carboxylic acids is 1. The number of aliphatic carboxylic acids is 1. The van der Waals surface area contributed by atoms with Crippen LogP contribution in [-0.2, 0) is 9.59 Å². The second-order valence-electron chi connectivity index (χ2n) is 4.98. The predicted molar refractivity (Wildman–Crippen MR) is 87.3 cm³/mol. The normalized spacial score (nSPS) is 11.0. The number of carbonyl (C=O) groups is 2. The maximum atomic E-state index is 11.3. The fourth-order valence-electron chi connectivity index (χ4n) is 1.60. The Labute approximate surface area is 131 Å². The minimum absolute atomic E-state index is 0.0821. The third-order valence-corrected chi connectivity index (χ3v) is 2.88. The lowest BCUT2D eigenvalue weighted by Crippen LogP contribution is -2.41. The topological polar surface area (TPSA) is 118 Å². The molecule has 124 valence electrons. The van der Waals surface area contributed by atoms with E-state index in [1.807, 2.05) is 18.2 Å². The van der Waals surface area contributed by atoms with E-state index in [4.69, 9.17) is 16.6 Å². The summed E-state index contributed by atoms with van der Waals surface area (Å²) in [6.45, 7) is 2.80. The van der Waals surface area contributed by atoms with Crippen LogP contribution in [0.5, 0.6) is 0 Å². The van der Waals surface area contributed by atoms with Crippen LogP contribution in [-0.4, -0.2) is 36.1 Å². The van der Waals surface area contributed by atoms with Crippen LogP contribution in [0.25, 0.3) is 0 Å². The largest absolute Gasteiger partial charge is 0.481 e. The number of amides is 1. The Hall–Kier alpha value is -1.92. The van der Waals surface area contributed by atoms with Gasteiger partial charge in [0.2, 0.25) is 5.91 Å². The van der Waals surface area contributed by atoms with Gasteiger partial charge in [-0.1, -0.05) is 42.3 Å².